The number of benzene rings is 1. The minimum atomic E-state index is -0.419. The van der Waals surface area contributed by atoms with E-state index in [1.165, 1.54) is 16.8 Å². The van der Waals surface area contributed by atoms with Gasteiger partial charge in [-0.1, -0.05) is 35.1 Å². The first-order chi connectivity index (χ1) is 10.1. The second-order valence-corrected chi connectivity index (χ2v) is 5.83. The summed E-state index contributed by atoms with van der Waals surface area (Å²) in [6.45, 7) is 0.313. The second-order valence-electron chi connectivity index (χ2n) is 4.59. The summed E-state index contributed by atoms with van der Waals surface area (Å²) >= 11 is 7.34. The van der Waals surface area contributed by atoms with Gasteiger partial charge in [0, 0.05) is 13.0 Å². The van der Waals surface area contributed by atoms with Gasteiger partial charge < -0.3 is 10.2 Å². The normalized spacial score (nSPS) is 18.0. The van der Waals surface area contributed by atoms with Crippen molar-refractivity contribution >= 4 is 45.6 Å². The minimum Gasteiger partial charge on any atom is -0.310 e. The molecular weight excluding hydrogens is 312 g/mol. The van der Waals surface area contributed by atoms with Crippen molar-refractivity contribution in [1.29, 1.82) is 0 Å². The van der Waals surface area contributed by atoms with Gasteiger partial charge >= 0.3 is 0 Å². The number of hydrogen-bond acceptors (Lipinski definition) is 5. The Labute approximate surface area is 129 Å². The molecule has 0 unspecified atom stereocenters. The fourth-order valence-corrected chi connectivity index (χ4v) is 2.91. The lowest BCUT2D eigenvalue weighted by Crippen LogP contribution is -2.28. The Morgan fingerprint density at radius 1 is 1.43 bits per heavy atom. The van der Waals surface area contributed by atoms with Crippen molar-refractivity contribution in [2.75, 3.05) is 16.8 Å². The number of hydrogen-bond donors (Lipinski definition) is 1. The summed E-state index contributed by atoms with van der Waals surface area (Å²) in [5.74, 6) is -0.757. The lowest BCUT2D eigenvalue weighted by molar-refractivity contribution is -0.122. The van der Waals surface area contributed by atoms with Crippen LogP contribution in [0.3, 0.4) is 0 Å². The van der Waals surface area contributed by atoms with Crippen molar-refractivity contribution in [2.45, 2.75) is 6.42 Å². The molecule has 1 atom stereocenters. The summed E-state index contributed by atoms with van der Waals surface area (Å²) in [7, 11) is 0. The van der Waals surface area contributed by atoms with Crippen LogP contribution in [0.15, 0.2) is 29.8 Å². The second kappa shape index (κ2) is 5.79. The molecule has 1 aromatic heterocycles. The number of aromatic nitrogens is 2. The third kappa shape index (κ3) is 2.88. The molecule has 0 bridgehead atoms. The van der Waals surface area contributed by atoms with Gasteiger partial charge in [-0.2, -0.15) is 0 Å². The molecule has 2 amide bonds. The Bertz CT molecular complexity index is 677. The molecule has 3 rings (SSSR count). The molecule has 1 fully saturated rings. The maximum atomic E-state index is 12.1. The number of halogens is 1. The average molecular weight is 323 g/mol. The molecule has 0 saturated carbocycles. The summed E-state index contributed by atoms with van der Waals surface area (Å²) in [5, 5.41) is 11.0. The van der Waals surface area contributed by atoms with Gasteiger partial charge in [0.2, 0.25) is 16.9 Å². The predicted molar refractivity (Wildman–Crippen MR) is 80.5 cm³/mol. The molecule has 8 heteroatoms. The van der Waals surface area contributed by atoms with Crippen LogP contribution in [0.2, 0.25) is 5.02 Å². The van der Waals surface area contributed by atoms with Crippen LogP contribution in [0.5, 0.6) is 0 Å². The molecule has 2 heterocycles. The highest BCUT2D eigenvalue weighted by atomic mass is 35.5. The van der Waals surface area contributed by atoms with Gasteiger partial charge in [0.05, 0.1) is 16.6 Å². The highest BCUT2D eigenvalue weighted by Crippen LogP contribution is 2.31. The van der Waals surface area contributed by atoms with Crippen LogP contribution >= 0.6 is 22.9 Å². The van der Waals surface area contributed by atoms with Crippen LogP contribution < -0.4 is 10.2 Å². The van der Waals surface area contributed by atoms with Crippen molar-refractivity contribution in [3.8, 4) is 0 Å². The largest absolute Gasteiger partial charge is 0.310 e. The molecule has 2 aromatic rings. The van der Waals surface area contributed by atoms with Crippen molar-refractivity contribution in [3.63, 3.8) is 0 Å². The number of amides is 2. The smallest absolute Gasteiger partial charge is 0.231 e. The van der Waals surface area contributed by atoms with E-state index in [0.29, 0.717) is 22.4 Å². The summed E-state index contributed by atoms with van der Waals surface area (Å²) < 4.78 is 0. The van der Waals surface area contributed by atoms with E-state index in [2.05, 4.69) is 15.5 Å². The fraction of sp³-hybridized carbons (Fsp3) is 0.231. The highest BCUT2D eigenvalue weighted by Gasteiger charge is 2.36. The Balaban J connectivity index is 1.73. The standard InChI is InChI=1S/C13H11ClN4O2S/c14-9-3-1-2-4-10(9)18-6-8(5-11(18)19)12(20)16-13-17-15-7-21-13/h1-4,7-8H,5-6H2,(H,16,17,20)/t8-/m0/s1. The topological polar surface area (TPSA) is 75.2 Å². The first kappa shape index (κ1) is 14.0. The number of carbonyl (C=O) groups is 2. The monoisotopic (exact) mass is 322 g/mol. The molecule has 1 aliphatic heterocycles. The van der Waals surface area contributed by atoms with Gasteiger partial charge in [-0.25, -0.2) is 0 Å². The summed E-state index contributed by atoms with van der Waals surface area (Å²) in [5.41, 5.74) is 2.17. The van der Waals surface area contributed by atoms with Crippen LogP contribution in [-0.4, -0.2) is 28.6 Å². The molecule has 0 aliphatic carbocycles. The van der Waals surface area contributed by atoms with Crippen LogP contribution in [-0.2, 0) is 9.59 Å². The fourth-order valence-electron chi connectivity index (χ4n) is 2.22. The molecular formula is C13H11ClN4O2S. The minimum absolute atomic E-state index is 0.111. The molecule has 6 nitrogen and oxygen atoms in total. The van der Waals surface area contributed by atoms with Gasteiger partial charge in [0.15, 0.2) is 0 Å². The van der Waals surface area contributed by atoms with Crippen molar-refractivity contribution < 1.29 is 9.59 Å². The first-order valence-electron chi connectivity index (χ1n) is 6.27. The van der Waals surface area contributed by atoms with E-state index in [9.17, 15) is 9.59 Å². The van der Waals surface area contributed by atoms with E-state index in [1.807, 2.05) is 6.07 Å². The molecule has 21 heavy (non-hydrogen) atoms. The van der Waals surface area contributed by atoms with Crippen LogP contribution in [0.4, 0.5) is 10.8 Å². The van der Waals surface area contributed by atoms with Gasteiger partial charge in [-0.05, 0) is 12.1 Å². The van der Waals surface area contributed by atoms with E-state index >= 15 is 0 Å². The summed E-state index contributed by atoms with van der Waals surface area (Å²) in [4.78, 5) is 25.8. The summed E-state index contributed by atoms with van der Waals surface area (Å²) in [6.07, 6.45) is 0.163. The zero-order valence-electron chi connectivity index (χ0n) is 10.8. The van der Waals surface area contributed by atoms with Gasteiger partial charge in [-0.3, -0.25) is 9.59 Å². The molecule has 1 aromatic carbocycles. The number of nitrogens with zero attached hydrogens (tertiary/aromatic N) is 3. The van der Waals surface area contributed by atoms with Gasteiger partial charge in [-0.15, -0.1) is 10.2 Å². The average Bonchev–Trinajstić information content (AvgIpc) is 3.09. The van der Waals surface area contributed by atoms with Crippen LogP contribution in [0.25, 0.3) is 0 Å². The van der Waals surface area contributed by atoms with Crippen LogP contribution in [0, 0.1) is 5.92 Å². The molecule has 0 spiro atoms. The Morgan fingerprint density at radius 2 is 2.24 bits per heavy atom. The Morgan fingerprint density at radius 3 is 2.95 bits per heavy atom. The van der Waals surface area contributed by atoms with E-state index in [1.54, 1.807) is 23.1 Å². The quantitative estimate of drug-likeness (QED) is 0.939. The molecule has 0 radical (unpaired) electrons. The van der Waals surface area contributed by atoms with E-state index < -0.39 is 5.92 Å². The number of anilines is 2. The zero-order valence-corrected chi connectivity index (χ0v) is 12.4. The highest BCUT2D eigenvalue weighted by molar-refractivity contribution is 7.13. The van der Waals surface area contributed by atoms with Crippen LogP contribution in [0.1, 0.15) is 6.42 Å². The third-order valence-electron chi connectivity index (χ3n) is 3.23. The van der Waals surface area contributed by atoms with Crippen molar-refractivity contribution in [1.82, 2.24) is 10.2 Å². The maximum Gasteiger partial charge on any atom is 0.231 e. The van der Waals surface area contributed by atoms with E-state index in [0.717, 1.165) is 0 Å². The SMILES string of the molecule is O=C(Nc1nncs1)[C@H]1CC(=O)N(c2ccccc2Cl)C1. The number of rotatable bonds is 3. The number of nitrogens with one attached hydrogen (secondary N) is 1. The zero-order chi connectivity index (χ0) is 14.8. The van der Waals surface area contributed by atoms with E-state index in [-0.39, 0.29) is 18.2 Å². The number of para-hydroxylation sites is 1. The predicted octanol–water partition coefficient (Wildman–Crippen LogP) is 2.18. The number of carbonyl (C=O) groups excluding carboxylic acids is 2. The maximum absolute atomic E-state index is 12.1. The molecule has 1 saturated heterocycles. The summed E-state index contributed by atoms with van der Waals surface area (Å²) in [6, 6.07) is 7.10. The molecule has 108 valence electrons. The lowest BCUT2D eigenvalue weighted by atomic mass is 10.1. The molecule has 1 aliphatic rings. The Hall–Kier alpha value is -1.99. The first-order valence-corrected chi connectivity index (χ1v) is 7.53. The van der Waals surface area contributed by atoms with Crippen molar-refractivity contribution in [2.24, 2.45) is 5.92 Å². The lowest BCUT2D eigenvalue weighted by Gasteiger charge is -2.17. The van der Waals surface area contributed by atoms with Gasteiger partial charge in [0.1, 0.15) is 5.51 Å². The third-order valence-corrected chi connectivity index (χ3v) is 4.16. The van der Waals surface area contributed by atoms with Gasteiger partial charge in [0.25, 0.3) is 0 Å². The van der Waals surface area contributed by atoms with Crippen molar-refractivity contribution in [3.05, 3.63) is 34.8 Å². The molecule has 1 N–H and O–H groups in total. The Kier molecular flexibility index (Phi) is 3.85. The van der Waals surface area contributed by atoms with E-state index in [4.69, 9.17) is 11.6 Å².